The SMILES string of the molecule is O=c1c2ccncc2ncn1Cc1nnc(-c2cccc(Cl)c2)o1. The van der Waals surface area contributed by atoms with E-state index in [1.165, 1.54) is 10.9 Å². The summed E-state index contributed by atoms with van der Waals surface area (Å²) in [4.78, 5) is 20.6. The van der Waals surface area contributed by atoms with Gasteiger partial charge in [0.1, 0.15) is 6.54 Å². The van der Waals surface area contributed by atoms with Gasteiger partial charge in [0, 0.05) is 16.8 Å². The van der Waals surface area contributed by atoms with Crippen molar-refractivity contribution in [2.24, 2.45) is 0 Å². The van der Waals surface area contributed by atoms with E-state index < -0.39 is 0 Å². The molecule has 0 N–H and O–H groups in total. The maximum atomic E-state index is 12.4. The summed E-state index contributed by atoms with van der Waals surface area (Å²) in [5.74, 6) is 0.653. The molecule has 8 heteroatoms. The molecule has 1 aromatic carbocycles. The van der Waals surface area contributed by atoms with Crippen molar-refractivity contribution in [3.63, 3.8) is 0 Å². The number of fused-ring (bicyclic) bond motifs is 1. The Bertz CT molecular complexity index is 1090. The molecule has 4 rings (SSSR count). The molecular weight excluding hydrogens is 330 g/mol. The second kappa shape index (κ2) is 5.86. The summed E-state index contributed by atoms with van der Waals surface area (Å²) >= 11 is 5.96. The van der Waals surface area contributed by atoms with Crippen molar-refractivity contribution in [3.05, 3.63) is 70.3 Å². The van der Waals surface area contributed by atoms with E-state index in [0.717, 1.165) is 5.56 Å². The van der Waals surface area contributed by atoms with Crippen LogP contribution < -0.4 is 5.56 Å². The molecule has 3 aromatic heterocycles. The summed E-state index contributed by atoms with van der Waals surface area (Å²) in [7, 11) is 0. The molecule has 3 heterocycles. The molecule has 0 bridgehead atoms. The maximum Gasteiger partial charge on any atom is 0.261 e. The highest BCUT2D eigenvalue weighted by Crippen LogP contribution is 2.21. The largest absolute Gasteiger partial charge is 0.419 e. The summed E-state index contributed by atoms with van der Waals surface area (Å²) in [6.45, 7) is 0.137. The Kier molecular flexibility index (Phi) is 3.55. The molecule has 0 saturated carbocycles. The predicted octanol–water partition coefficient (Wildman–Crippen LogP) is 2.54. The smallest absolute Gasteiger partial charge is 0.261 e. The number of nitrogens with zero attached hydrogens (tertiary/aromatic N) is 5. The van der Waals surface area contributed by atoms with Crippen LogP contribution in [0.25, 0.3) is 22.4 Å². The van der Waals surface area contributed by atoms with Crippen molar-refractivity contribution >= 4 is 22.5 Å². The van der Waals surface area contributed by atoms with E-state index in [2.05, 4.69) is 20.2 Å². The Labute approximate surface area is 140 Å². The molecule has 0 aliphatic rings. The molecule has 24 heavy (non-hydrogen) atoms. The molecule has 4 aromatic rings. The van der Waals surface area contributed by atoms with Crippen LogP contribution in [0, 0.1) is 0 Å². The first kappa shape index (κ1) is 14.5. The van der Waals surface area contributed by atoms with Gasteiger partial charge in [-0.2, -0.15) is 0 Å². The highest BCUT2D eigenvalue weighted by atomic mass is 35.5. The summed E-state index contributed by atoms with van der Waals surface area (Å²) in [5.41, 5.74) is 1.07. The summed E-state index contributed by atoms with van der Waals surface area (Å²) in [6.07, 6.45) is 4.54. The second-order valence-electron chi connectivity index (χ2n) is 5.08. The Balaban J connectivity index is 1.67. The fraction of sp³-hybridized carbons (Fsp3) is 0.0625. The van der Waals surface area contributed by atoms with Gasteiger partial charge in [0.05, 0.1) is 23.4 Å². The zero-order chi connectivity index (χ0) is 16.5. The minimum Gasteiger partial charge on any atom is -0.419 e. The molecule has 0 aliphatic heterocycles. The van der Waals surface area contributed by atoms with Crippen molar-refractivity contribution in [3.8, 4) is 11.5 Å². The number of pyridine rings is 1. The summed E-state index contributed by atoms with van der Waals surface area (Å²) in [6, 6.07) is 8.74. The van der Waals surface area contributed by atoms with E-state index >= 15 is 0 Å². The van der Waals surface area contributed by atoms with Crippen LogP contribution in [0.3, 0.4) is 0 Å². The summed E-state index contributed by atoms with van der Waals surface area (Å²) in [5, 5.41) is 9.04. The maximum absolute atomic E-state index is 12.4. The number of aromatic nitrogens is 5. The van der Waals surface area contributed by atoms with Crippen molar-refractivity contribution in [1.29, 1.82) is 0 Å². The van der Waals surface area contributed by atoms with Crippen molar-refractivity contribution < 1.29 is 4.42 Å². The molecule has 7 nitrogen and oxygen atoms in total. The van der Waals surface area contributed by atoms with Crippen LogP contribution in [0.5, 0.6) is 0 Å². The number of hydrogen-bond donors (Lipinski definition) is 0. The van der Waals surface area contributed by atoms with E-state index in [9.17, 15) is 4.79 Å². The van der Waals surface area contributed by atoms with Crippen LogP contribution in [0.15, 0.2) is 58.3 Å². The van der Waals surface area contributed by atoms with Crippen LogP contribution in [0.1, 0.15) is 5.89 Å². The first-order valence-electron chi connectivity index (χ1n) is 7.08. The average Bonchev–Trinajstić information content (AvgIpc) is 3.06. The highest BCUT2D eigenvalue weighted by Gasteiger charge is 2.11. The lowest BCUT2D eigenvalue weighted by Gasteiger charge is -2.03. The van der Waals surface area contributed by atoms with Crippen LogP contribution >= 0.6 is 11.6 Å². The minimum absolute atomic E-state index is 0.137. The van der Waals surface area contributed by atoms with Gasteiger partial charge in [-0.1, -0.05) is 17.7 Å². The summed E-state index contributed by atoms with van der Waals surface area (Å²) < 4.78 is 7.03. The number of halogens is 1. The molecule has 0 radical (unpaired) electrons. The van der Waals surface area contributed by atoms with Gasteiger partial charge in [-0.25, -0.2) is 4.98 Å². The zero-order valence-electron chi connectivity index (χ0n) is 12.3. The Morgan fingerprint density at radius 2 is 2.12 bits per heavy atom. The molecule has 0 saturated heterocycles. The van der Waals surface area contributed by atoms with E-state index in [1.807, 2.05) is 6.07 Å². The Hall–Kier alpha value is -3.06. The Morgan fingerprint density at radius 1 is 1.21 bits per heavy atom. The molecule has 0 spiro atoms. The number of benzene rings is 1. The van der Waals surface area contributed by atoms with E-state index in [1.54, 1.807) is 36.7 Å². The molecule has 0 amide bonds. The van der Waals surface area contributed by atoms with Gasteiger partial charge in [-0.3, -0.25) is 14.3 Å². The molecule has 0 atom stereocenters. The van der Waals surface area contributed by atoms with Gasteiger partial charge in [-0.05, 0) is 24.3 Å². The zero-order valence-corrected chi connectivity index (χ0v) is 13.0. The standard InChI is InChI=1S/C16H10ClN5O2/c17-11-3-1-2-10(6-11)15-21-20-14(24-15)8-22-9-19-13-7-18-5-4-12(13)16(22)23/h1-7,9H,8H2. The number of hydrogen-bond acceptors (Lipinski definition) is 6. The van der Waals surface area contributed by atoms with Gasteiger partial charge in [0.25, 0.3) is 5.56 Å². The average molecular weight is 340 g/mol. The van der Waals surface area contributed by atoms with Crippen LogP contribution in [0.2, 0.25) is 5.02 Å². The van der Waals surface area contributed by atoms with Crippen molar-refractivity contribution in [1.82, 2.24) is 24.7 Å². The normalized spacial score (nSPS) is 11.0. The molecule has 0 aliphatic carbocycles. The molecular formula is C16H10ClN5O2. The third kappa shape index (κ3) is 2.65. The first-order valence-corrected chi connectivity index (χ1v) is 7.46. The van der Waals surface area contributed by atoms with Crippen LogP contribution in [-0.4, -0.2) is 24.7 Å². The second-order valence-corrected chi connectivity index (χ2v) is 5.52. The lowest BCUT2D eigenvalue weighted by Crippen LogP contribution is -2.21. The van der Waals surface area contributed by atoms with Gasteiger partial charge < -0.3 is 4.42 Å². The number of rotatable bonds is 3. The van der Waals surface area contributed by atoms with Crippen LogP contribution in [-0.2, 0) is 6.54 Å². The van der Waals surface area contributed by atoms with E-state index in [4.69, 9.17) is 16.0 Å². The molecule has 0 fully saturated rings. The predicted molar refractivity (Wildman–Crippen MR) is 87.6 cm³/mol. The topological polar surface area (TPSA) is 86.7 Å². The molecule has 118 valence electrons. The lowest BCUT2D eigenvalue weighted by atomic mass is 10.2. The van der Waals surface area contributed by atoms with Crippen LogP contribution in [0.4, 0.5) is 0 Å². The van der Waals surface area contributed by atoms with E-state index in [0.29, 0.717) is 27.7 Å². The molecule has 0 unspecified atom stereocenters. The van der Waals surface area contributed by atoms with Crippen molar-refractivity contribution in [2.75, 3.05) is 0 Å². The third-order valence-corrected chi connectivity index (χ3v) is 3.71. The van der Waals surface area contributed by atoms with Gasteiger partial charge >= 0.3 is 0 Å². The highest BCUT2D eigenvalue weighted by molar-refractivity contribution is 6.30. The minimum atomic E-state index is -0.190. The van der Waals surface area contributed by atoms with Gasteiger partial charge in [-0.15, -0.1) is 10.2 Å². The quantitative estimate of drug-likeness (QED) is 0.570. The first-order chi connectivity index (χ1) is 11.7. The Morgan fingerprint density at radius 3 is 3.00 bits per heavy atom. The monoisotopic (exact) mass is 339 g/mol. The fourth-order valence-corrected chi connectivity index (χ4v) is 2.51. The third-order valence-electron chi connectivity index (χ3n) is 3.47. The lowest BCUT2D eigenvalue weighted by molar-refractivity contribution is 0.483. The van der Waals surface area contributed by atoms with E-state index in [-0.39, 0.29) is 12.1 Å². The fourth-order valence-electron chi connectivity index (χ4n) is 2.32. The van der Waals surface area contributed by atoms with Crippen molar-refractivity contribution in [2.45, 2.75) is 6.54 Å². The van der Waals surface area contributed by atoms with Gasteiger partial charge in [0.15, 0.2) is 0 Å². The van der Waals surface area contributed by atoms with Gasteiger partial charge in [0.2, 0.25) is 11.8 Å².